The first-order chi connectivity index (χ1) is 13.7. The lowest BCUT2D eigenvalue weighted by atomic mass is 10.1. The molecule has 0 spiro atoms. The van der Waals surface area contributed by atoms with Gasteiger partial charge in [-0.25, -0.2) is 9.97 Å². The molecule has 3 aromatic carbocycles. The molecule has 0 aliphatic carbocycles. The first-order valence-corrected chi connectivity index (χ1v) is 9.49. The molecule has 0 fully saturated rings. The second-order valence-corrected chi connectivity index (χ2v) is 7.02. The normalized spacial score (nSPS) is 10.7. The third-order valence-electron chi connectivity index (χ3n) is 4.35. The van der Waals surface area contributed by atoms with E-state index < -0.39 is 0 Å². The van der Waals surface area contributed by atoms with Gasteiger partial charge in [-0.2, -0.15) is 0 Å². The molecule has 4 rings (SSSR count). The van der Waals surface area contributed by atoms with Crippen LogP contribution in [0.15, 0.2) is 71.2 Å². The van der Waals surface area contributed by atoms with Crippen molar-refractivity contribution in [2.75, 3.05) is 19.5 Å². The van der Waals surface area contributed by atoms with Crippen LogP contribution in [0, 0.1) is 0 Å². The zero-order valence-corrected chi connectivity index (χ0v) is 17.0. The van der Waals surface area contributed by atoms with Crippen LogP contribution in [0.3, 0.4) is 0 Å². The fourth-order valence-corrected chi connectivity index (χ4v) is 3.20. The van der Waals surface area contributed by atoms with Crippen molar-refractivity contribution in [3.63, 3.8) is 0 Å². The Hall–Kier alpha value is -3.12. The fraction of sp³-hybridized carbons (Fsp3) is 0.0909. The molecule has 0 unspecified atom stereocenters. The van der Waals surface area contributed by atoms with Crippen molar-refractivity contribution < 1.29 is 9.47 Å². The summed E-state index contributed by atoms with van der Waals surface area (Å²) in [6.45, 7) is 0. The van der Waals surface area contributed by atoms with Gasteiger partial charge in [-0.05, 0) is 36.4 Å². The van der Waals surface area contributed by atoms with Gasteiger partial charge in [-0.1, -0.05) is 40.2 Å². The number of benzene rings is 3. The Morgan fingerprint density at radius 1 is 0.821 bits per heavy atom. The second kappa shape index (κ2) is 7.86. The van der Waals surface area contributed by atoms with Crippen molar-refractivity contribution in [1.29, 1.82) is 0 Å². The van der Waals surface area contributed by atoms with Crippen LogP contribution >= 0.6 is 15.9 Å². The lowest BCUT2D eigenvalue weighted by molar-refractivity contribution is 0.405. The number of ether oxygens (including phenoxy) is 2. The summed E-state index contributed by atoms with van der Waals surface area (Å²) in [5, 5.41) is 3.38. The maximum atomic E-state index is 5.49. The molecule has 4 aromatic rings. The number of aromatic nitrogens is 2. The van der Waals surface area contributed by atoms with Crippen molar-refractivity contribution in [3.05, 3.63) is 71.2 Å². The first kappa shape index (κ1) is 18.3. The van der Waals surface area contributed by atoms with E-state index in [1.54, 1.807) is 14.2 Å². The van der Waals surface area contributed by atoms with Gasteiger partial charge >= 0.3 is 0 Å². The molecule has 0 atom stereocenters. The second-order valence-electron chi connectivity index (χ2n) is 6.11. The topological polar surface area (TPSA) is 56.3 Å². The summed E-state index contributed by atoms with van der Waals surface area (Å²) in [5.74, 6) is 2.06. The molecule has 140 valence electrons. The van der Waals surface area contributed by atoms with Crippen molar-refractivity contribution in [2.24, 2.45) is 0 Å². The SMILES string of the molecule is COc1ccc(OC)c(Nc2nc3ccccc3nc2-c2ccc(Br)cc2)c1. The van der Waals surface area contributed by atoms with E-state index in [0.717, 1.165) is 38.2 Å². The maximum Gasteiger partial charge on any atom is 0.157 e. The van der Waals surface area contributed by atoms with Crippen LogP contribution in [0.2, 0.25) is 0 Å². The standard InChI is InChI=1S/C22H18BrN3O2/c1-27-16-11-12-20(28-2)19(13-16)26-22-21(14-7-9-15(23)10-8-14)24-17-5-3-4-6-18(17)25-22/h3-13H,1-2H3,(H,25,26). The zero-order chi connectivity index (χ0) is 19.5. The van der Waals surface area contributed by atoms with Gasteiger partial charge in [0.1, 0.15) is 17.2 Å². The van der Waals surface area contributed by atoms with Crippen LogP contribution < -0.4 is 14.8 Å². The average Bonchev–Trinajstić information content (AvgIpc) is 2.74. The summed E-state index contributed by atoms with van der Waals surface area (Å²) in [5.41, 5.74) is 4.13. The summed E-state index contributed by atoms with van der Waals surface area (Å²) < 4.78 is 11.9. The molecule has 1 heterocycles. The van der Waals surface area contributed by atoms with Crippen LogP contribution in [0.4, 0.5) is 11.5 Å². The van der Waals surface area contributed by atoms with E-state index in [1.165, 1.54) is 0 Å². The van der Waals surface area contributed by atoms with E-state index in [-0.39, 0.29) is 0 Å². The molecule has 1 aromatic heterocycles. The van der Waals surface area contributed by atoms with E-state index in [0.29, 0.717) is 11.6 Å². The number of methoxy groups -OCH3 is 2. The molecule has 0 bridgehead atoms. The lowest BCUT2D eigenvalue weighted by Crippen LogP contribution is -2.02. The van der Waals surface area contributed by atoms with E-state index >= 15 is 0 Å². The number of para-hydroxylation sites is 2. The Morgan fingerprint density at radius 2 is 1.54 bits per heavy atom. The molecular formula is C22H18BrN3O2. The predicted octanol–water partition coefficient (Wildman–Crippen LogP) is 5.82. The average molecular weight is 436 g/mol. The minimum atomic E-state index is 0.646. The Kier molecular flexibility index (Phi) is 5.12. The monoisotopic (exact) mass is 435 g/mol. The summed E-state index contributed by atoms with van der Waals surface area (Å²) in [4.78, 5) is 9.68. The van der Waals surface area contributed by atoms with Gasteiger partial charge in [-0.3, -0.25) is 0 Å². The summed E-state index contributed by atoms with van der Waals surface area (Å²) >= 11 is 3.48. The highest BCUT2D eigenvalue weighted by atomic mass is 79.9. The minimum Gasteiger partial charge on any atom is -0.497 e. The largest absolute Gasteiger partial charge is 0.497 e. The van der Waals surface area contributed by atoms with E-state index in [2.05, 4.69) is 21.2 Å². The fourth-order valence-electron chi connectivity index (χ4n) is 2.94. The van der Waals surface area contributed by atoms with Crippen LogP contribution in [-0.2, 0) is 0 Å². The maximum absolute atomic E-state index is 5.49. The number of halogens is 1. The quantitative estimate of drug-likeness (QED) is 0.427. The third kappa shape index (κ3) is 3.64. The summed E-state index contributed by atoms with van der Waals surface area (Å²) in [6, 6.07) is 21.4. The van der Waals surface area contributed by atoms with Gasteiger partial charge in [0.2, 0.25) is 0 Å². The molecular weight excluding hydrogens is 418 g/mol. The molecule has 0 saturated carbocycles. The Balaban J connectivity index is 1.88. The molecule has 28 heavy (non-hydrogen) atoms. The Labute approximate surface area is 171 Å². The van der Waals surface area contributed by atoms with Crippen LogP contribution in [0.5, 0.6) is 11.5 Å². The number of hydrogen-bond acceptors (Lipinski definition) is 5. The van der Waals surface area contributed by atoms with Crippen LogP contribution in [-0.4, -0.2) is 24.2 Å². The smallest absolute Gasteiger partial charge is 0.157 e. The van der Waals surface area contributed by atoms with E-state index in [4.69, 9.17) is 19.4 Å². The highest BCUT2D eigenvalue weighted by Crippen LogP contribution is 2.35. The zero-order valence-electron chi connectivity index (χ0n) is 15.4. The molecule has 1 N–H and O–H groups in total. The highest BCUT2D eigenvalue weighted by molar-refractivity contribution is 9.10. The first-order valence-electron chi connectivity index (χ1n) is 8.69. The summed E-state index contributed by atoms with van der Waals surface area (Å²) in [6.07, 6.45) is 0. The molecule has 0 amide bonds. The number of anilines is 2. The Morgan fingerprint density at radius 3 is 2.21 bits per heavy atom. The van der Waals surface area contributed by atoms with Crippen molar-refractivity contribution in [2.45, 2.75) is 0 Å². The molecule has 5 nitrogen and oxygen atoms in total. The van der Waals surface area contributed by atoms with Gasteiger partial charge in [0.15, 0.2) is 5.82 Å². The Bertz CT molecular complexity index is 1130. The molecule has 6 heteroatoms. The van der Waals surface area contributed by atoms with E-state index in [9.17, 15) is 0 Å². The highest BCUT2D eigenvalue weighted by Gasteiger charge is 2.14. The number of nitrogens with zero attached hydrogens (tertiary/aromatic N) is 2. The van der Waals surface area contributed by atoms with Crippen molar-refractivity contribution >= 4 is 38.5 Å². The van der Waals surface area contributed by atoms with Crippen LogP contribution in [0.1, 0.15) is 0 Å². The van der Waals surface area contributed by atoms with Gasteiger partial charge in [0.05, 0.1) is 30.9 Å². The molecule has 0 aliphatic heterocycles. The molecule has 0 saturated heterocycles. The van der Waals surface area contributed by atoms with Gasteiger partial charge in [0, 0.05) is 16.1 Å². The number of hydrogen-bond donors (Lipinski definition) is 1. The minimum absolute atomic E-state index is 0.646. The van der Waals surface area contributed by atoms with Crippen molar-refractivity contribution in [1.82, 2.24) is 9.97 Å². The number of nitrogens with one attached hydrogen (secondary N) is 1. The van der Waals surface area contributed by atoms with E-state index in [1.807, 2.05) is 66.7 Å². The molecule has 0 aliphatic rings. The molecule has 0 radical (unpaired) electrons. The summed E-state index contributed by atoms with van der Waals surface area (Å²) in [7, 11) is 3.27. The van der Waals surface area contributed by atoms with Gasteiger partial charge < -0.3 is 14.8 Å². The third-order valence-corrected chi connectivity index (χ3v) is 4.88. The lowest BCUT2D eigenvalue weighted by Gasteiger charge is -2.15. The number of rotatable bonds is 5. The van der Waals surface area contributed by atoms with Crippen molar-refractivity contribution in [3.8, 4) is 22.8 Å². The predicted molar refractivity (Wildman–Crippen MR) is 116 cm³/mol. The number of fused-ring (bicyclic) bond motifs is 1. The van der Waals surface area contributed by atoms with Gasteiger partial charge in [-0.15, -0.1) is 0 Å². The van der Waals surface area contributed by atoms with Crippen LogP contribution in [0.25, 0.3) is 22.3 Å². The van der Waals surface area contributed by atoms with Gasteiger partial charge in [0.25, 0.3) is 0 Å².